The summed E-state index contributed by atoms with van der Waals surface area (Å²) in [6, 6.07) is 0. The Morgan fingerprint density at radius 1 is 1.38 bits per heavy atom. The van der Waals surface area contributed by atoms with Crippen molar-refractivity contribution in [2.45, 2.75) is 0 Å². The van der Waals surface area contributed by atoms with Crippen molar-refractivity contribution < 1.29 is 17.1 Å². The van der Waals surface area contributed by atoms with Crippen molar-refractivity contribution in [2.75, 3.05) is 0 Å². The average molecular weight is 164 g/mol. The van der Waals surface area contributed by atoms with Crippen LogP contribution in [-0.2, 0) is 29.1 Å². The van der Waals surface area contributed by atoms with Crippen molar-refractivity contribution in [2.24, 2.45) is 0 Å². The Labute approximate surface area is 66.5 Å². The summed E-state index contributed by atoms with van der Waals surface area (Å²) >= 11 is 3.33. The molecule has 2 heteroatoms. The van der Waals surface area contributed by atoms with Crippen molar-refractivity contribution >= 4 is 12.0 Å². The zero-order chi connectivity index (χ0) is 5.54. The second kappa shape index (κ2) is 10.3. The van der Waals surface area contributed by atoms with Crippen LogP contribution in [0.5, 0.6) is 0 Å². The van der Waals surface area contributed by atoms with Crippen LogP contribution in [0.25, 0.3) is 0 Å². The molecule has 1 rings (SSSR count). The van der Waals surface area contributed by atoms with Crippen LogP contribution in [0, 0.1) is 24.9 Å². The molecule has 0 N–H and O–H groups in total. The summed E-state index contributed by atoms with van der Waals surface area (Å²) < 4.78 is 0. The summed E-state index contributed by atoms with van der Waals surface area (Å²) in [4.78, 5) is 0. The standard InChI is InChI=1S/C5H5.CS.Mn/c1-2-4-5-3-1;1-2;/h1-5H;;/q-1;;+2. The smallest absolute Gasteiger partial charge is 0.231 e. The quantitative estimate of drug-likeness (QED) is 0.287. The van der Waals surface area contributed by atoms with E-state index in [9.17, 15) is 0 Å². The molecule has 8 heavy (non-hydrogen) atoms. The topological polar surface area (TPSA) is 0 Å². The number of hydrogen-bond acceptors (Lipinski definition) is 0. The summed E-state index contributed by atoms with van der Waals surface area (Å²) in [5, 5.41) is 0. The zero-order valence-electron chi connectivity index (χ0n) is 4.17. The second-order valence-electron chi connectivity index (χ2n) is 0.962. The number of hydrogen-bond donors (Lipinski definition) is 0. The van der Waals surface area contributed by atoms with Crippen LogP contribution < -0.4 is 0 Å². The fraction of sp³-hybridized carbons (Fsp3) is 0. The fourth-order valence-corrected chi connectivity index (χ4v) is 0.321. The molecule has 41 valence electrons. The van der Waals surface area contributed by atoms with Crippen molar-refractivity contribution in [3.63, 3.8) is 0 Å². The first-order valence-corrected chi connectivity index (χ1v) is 2.28. The first-order valence-electron chi connectivity index (χ1n) is 1.87. The molecule has 0 saturated heterocycles. The van der Waals surface area contributed by atoms with Crippen LogP contribution >= 0.6 is 0 Å². The van der Waals surface area contributed by atoms with Gasteiger partial charge in [0, 0.05) is 0 Å². The zero-order valence-corrected chi connectivity index (χ0v) is 6.17. The van der Waals surface area contributed by atoms with Gasteiger partial charge in [0.05, 0.1) is 0 Å². The molecule has 0 spiro atoms. The van der Waals surface area contributed by atoms with Gasteiger partial charge in [-0.2, -0.15) is 0 Å². The summed E-state index contributed by atoms with van der Waals surface area (Å²) in [5.41, 5.74) is 5.33. The van der Waals surface area contributed by atoms with Gasteiger partial charge >= 0.3 is 34.8 Å². The first kappa shape index (κ1) is 11.1. The Bertz CT molecular complexity index is 69.8. The summed E-state index contributed by atoms with van der Waals surface area (Å²) in [5.74, 6) is 0. The normalized spacial score (nSPS) is 12.2. The van der Waals surface area contributed by atoms with Gasteiger partial charge in [-0.15, -0.1) is 12.8 Å². The van der Waals surface area contributed by atoms with Crippen molar-refractivity contribution in [1.82, 2.24) is 0 Å². The maximum absolute atomic E-state index is 5.33. The van der Waals surface area contributed by atoms with Crippen molar-refractivity contribution in [3.05, 3.63) is 37.1 Å². The molecule has 0 amide bonds. The SMILES string of the molecule is [C-]#[S+].[CH]1[CH][CH-]C=C1.[Mn+2]. The van der Waals surface area contributed by atoms with Crippen LogP contribution in [0.2, 0.25) is 0 Å². The van der Waals surface area contributed by atoms with Crippen LogP contribution in [0.4, 0.5) is 0 Å². The average Bonchev–Trinajstić information content (AvgIpc) is 2.23. The summed E-state index contributed by atoms with van der Waals surface area (Å²) in [6.45, 7) is 0. The van der Waals surface area contributed by atoms with Gasteiger partial charge in [0.2, 0.25) is 0 Å². The van der Waals surface area contributed by atoms with E-state index >= 15 is 0 Å². The van der Waals surface area contributed by atoms with Gasteiger partial charge in [-0.1, -0.05) is 0 Å². The largest absolute Gasteiger partial charge is 2.00 e. The molecule has 0 saturated carbocycles. The molecule has 1 aliphatic rings. The molecule has 0 heterocycles. The minimum Gasteiger partial charge on any atom is -0.231 e. The first-order chi connectivity index (χ1) is 3.50. The molecule has 0 aliphatic heterocycles. The van der Waals surface area contributed by atoms with E-state index in [0.29, 0.717) is 0 Å². The third-order valence-corrected chi connectivity index (χ3v) is 0.556. The van der Waals surface area contributed by atoms with E-state index in [4.69, 9.17) is 5.69 Å². The van der Waals surface area contributed by atoms with Crippen LogP contribution in [0.1, 0.15) is 0 Å². The molecule has 0 bridgehead atoms. The number of rotatable bonds is 0. The van der Waals surface area contributed by atoms with Gasteiger partial charge in [-0.25, -0.2) is 18.6 Å². The third kappa shape index (κ3) is 6.26. The van der Waals surface area contributed by atoms with E-state index in [0.717, 1.165) is 0 Å². The Balaban J connectivity index is 0. The van der Waals surface area contributed by atoms with Gasteiger partial charge in [-0.3, -0.25) is 0 Å². The molecule has 3 radical (unpaired) electrons. The van der Waals surface area contributed by atoms with Crippen molar-refractivity contribution in [1.29, 1.82) is 0 Å². The Hall–Kier alpha value is 0.259. The summed E-state index contributed by atoms with van der Waals surface area (Å²) in [7, 11) is 0. The van der Waals surface area contributed by atoms with Gasteiger partial charge in [0.15, 0.2) is 0 Å². The monoisotopic (exact) mass is 164 g/mol. The molecule has 0 aromatic heterocycles. The van der Waals surface area contributed by atoms with E-state index in [2.05, 4.69) is 12.0 Å². The second-order valence-corrected chi connectivity index (χ2v) is 0.962. The molecule has 0 atom stereocenters. The summed E-state index contributed by atoms with van der Waals surface area (Å²) in [6.07, 6.45) is 10.0. The van der Waals surface area contributed by atoms with E-state index in [1.165, 1.54) is 0 Å². The van der Waals surface area contributed by atoms with E-state index in [1.807, 2.05) is 31.4 Å². The van der Waals surface area contributed by atoms with Crippen LogP contribution in [0.15, 0.2) is 12.2 Å². The molecule has 0 nitrogen and oxygen atoms in total. The fourth-order valence-electron chi connectivity index (χ4n) is 0.321. The predicted molar refractivity (Wildman–Crippen MR) is 32.6 cm³/mol. The Morgan fingerprint density at radius 3 is 2.12 bits per heavy atom. The molecular weight excluding hydrogens is 159 g/mol. The minimum atomic E-state index is 0. The molecule has 0 aromatic rings. The maximum Gasteiger partial charge on any atom is 2.00 e. The molecular formula is C6H5MnS+. The van der Waals surface area contributed by atoms with Gasteiger partial charge in [-0.05, 0) is 0 Å². The van der Waals surface area contributed by atoms with Crippen molar-refractivity contribution in [3.8, 4) is 0 Å². The van der Waals surface area contributed by atoms with E-state index < -0.39 is 0 Å². The van der Waals surface area contributed by atoms with Crippen LogP contribution in [-0.4, -0.2) is 0 Å². The van der Waals surface area contributed by atoms with E-state index in [-0.39, 0.29) is 17.1 Å². The van der Waals surface area contributed by atoms with Gasteiger partial charge < -0.3 is 0 Å². The number of allylic oxidation sites excluding steroid dienone is 2. The maximum atomic E-state index is 5.33. The third-order valence-electron chi connectivity index (χ3n) is 0.556. The molecule has 0 aromatic carbocycles. The predicted octanol–water partition coefficient (Wildman–Crippen LogP) is 1.25. The van der Waals surface area contributed by atoms with Gasteiger partial charge in [0.1, 0.15) is 0 Å². The molecule has 1 aliphatic carbocycles. The van der Waals surface area contributed by atoms with Gasteiger partial charge in [0.25, 0.3) is 0 Å². The van der Waals surface area contributed by atoms with E-state index in [1.54, 1.807) is 0 Å². The Morgan fingerprint density at radius 2 is 2.00 bits per heavy atom. The molecule has 0 fully saturated rings. The minimum absolute atomic E-state index is 0. The Kier molecular flexibility index (Phi) is 14.3. The molecule has 0 unspecified atom stereocenters. The van der Waals surface area contributed by atoms with Crippen LogP contribution in [0.3, 0.4) is 0 Å².